The highest BCUT2D eigenvalue weighted by molar-refractivity contribution is 6.33. The zero-order valence-corrected chi connectivity index (χ0v) is 12.8. The maximum Gasteiger partial charge on any atom is 0.275 e. The van der Waals surface area contributed by atoms with Crippen LogP contribution in [-0.4, -0.2) is 37.4 Å². The van der Waals surface area contributed by atoms with Gasteiger partial charge in [-0.05, 0) is 13.8 Å². The van der Waals surface area contributed by atoms with Crippen LogP contribution in [0, 0.1) is 6.92 Å². The van der Waals surface area contributed by atoms with Gasteiger partial charge >= 0.3 is 0 Å². The molecule has 0 fully saturated rings. The summed E-state index contributed by atoms with van der Waals surface area (Å²) < 4.78 is 3.44. The van der Waals surface area contributed by atoms with Crippen LogP contribution in [0.1, 0.15) is 28.7 Å². The Balaban J connectivity index is 2.16. The van der Waals surface area contributed by atoms with E-state index in [1.165, 1.54) is 0 Å². The number of carbonyl (C=O) groups excluding carboxylic acids is 1. The van der Waals surface area contributed by atoms with Crippen LogP contribution in [0.5, 0.6) is 0 Å². The Labute approximate surface area is 122 Å². The van der Waals surface area contributed by atoms with Crippen molar-refractivity contribution in [1.82, 2.24) is 24.5 Å². The predicted octanol–water partition coefficient (Wildman–Crippen LogP) is 1.87. The standard InChI is InChI=1S/C13H18ClN5O/c1-5-19-8-11(14)12(16-19)13(20)17(3)7-10-6-15-18(4)9(10)2/h6,8H,5,7H2,1-4H3. The molecule has 0 radical (unpaired) electrons. The van der Waals surface area contributed by atoms with Crippen LogP contribution in [0.15, 0.2) is 12.4 Å². The van der Waals surface area contributed by atoms with E-state index in [0.29, 0.717) is 18.1 Å². The number of carbonyl (C=O) groups is 1. The van der Waals surface area contributed by atoms with Gasteiger partial charge in [-0.2, -0.15) is 10.2 Å². The minimum Gasteiger partial charge on any atom is -0.336 e. The highest BCUT2D eigenvalue weighted by Crippen LogP contribution is 2.17. The van der Waals surface area contributed by atoms with Crippen molar-refractivity contribution in [2.75, 3.05) is 7.05 Å². The SMILES string of the molecule is CCn1cc(Cl)c(C(=O)N(C)Cc2cnn(C)c2C)n1. The molecule has 2 heterocycles. The first-order valence-corrected chi connectivity index (χ1v) is 6.77. The first-order chi connectivity index (χ1) is 9.43. The molecule has 0 unspecified atom stereocenters. The summed E-state index contributed by atoms with van der Waals surface area (Å²) in [5.41, 5.74) is 2.33. The quantitative estimate of drug-likeness (QED) is 0.865. The van der Waals surface area contributed by atoms with Crippen molar-refractivity contribution in [3.8, 4) is 0 Å². The molecule has 0 aliphatic carbocycles. The zero-order valence-electron chi connectivity index (χ0n) is 12.1. The van der Waals surface area contributed by atoms with Crippen molar-refractivity contribution in [2.45, 2.75) is 26.9 Å². The number of nitrogens with zero attached hydrogens (tertiary/aromatic N) is 5. The molecule has 0 aliphatic heterocycles. The van der Waals surface area contributed by atoms with Crippen LogP contribution < -0.4 is 0 Å². The van der Waals surface area contributed by atoms with Crippen molar-refractivity contribution < 1.29 is 4.79 Å². The molecule has 2 rings (SSSR count). The largest absolute Gasteiger partial charge is 0.336 e. The third kappa shape index (κ3) is 2.70. The van der Waals surface area contributed by atoms with Crippen LogP contribution in [0.4, 0.5) is 0 Å². The minimum absolute atomic E-state index is 0.189. The number of halogens is 1. The molecule has 2 aromatic heterocycles. The summed E-state index contributed by atoms with van der Waals surface area (Å²) in [4.78, 5) is 14.0. The Bertz CT molecular complexity index is 631. The summed E-state index contributed by atoms with van der Waals surface area (Å²) in [7, 11) is 3.61. The maximum atomic E-state index is 12.4. The Morgan fingerprint density at radius 2 is 2.20 bits per heavy atom. The predicted molar refractivity (Wildman–Crippen MR) is 76.7 cm³/mol. The Morgan fingerprint density at radius 1 is 1.50 bits per heavy atom. The van der Waals surface area contributed by atoms with E-state index in [2.05, 4.69) is 10.2 Å². The van der Waals surface area contributed by atoms with Gasteiger partial charge in [-0.25, -0.2) is 0 Å². The van der Waals surface area contributed by atoms with E-state index in [-0.39, 0.29) is 11.6 Å². The lowest BCUT2D eigenvalue weighted by molar-refractivity contribution is 0.0778. The molecule has 0 saturated heterocycles. The van der Waals surface area contributed by atoms with Crippen molar-refractivity contribution in [3.05, 3.63) is 34.4 Å². The van der Waals surface area contributed by atoms with Crippen LogP contribution in [0.2, 0.25) is 5.02 Å². The van der Waals surface area contributed by atoms with E-state index in [1.54, 1.807) is 33.7 Å². The van der Waals surface area contributed by atoms with Crippen molar-refractivity contribution in [3.63, 3.8) is 0 Å². The molecule has 0 aromatic carbocycles. The van der Waals surface area contributed by atoms with E-state index in [4.69, 9.17) is 11.6 Å². The van der Waals surface area contributed by atoms with Gasteiger partial charge in [0.25, 0.3) is 5.91 Å². The summed E-state index contributed by atoms with van der Waals surface area (Å²) in [5.74, 6) is -0.189. The van der Waals surface area contributed by atoms with Gasteiger partial charge in [-0.15, -0.1) is 0 Å². The van der Waals surface area contributed by atoms with E-state index in [9.17, 15) is 4.79 Å². The fourth-order valence-corrected chi connectivity index (χ4v) is 2.14. The molecule has 0 saturated carbocycles. The first kappa shape index (κ1) is 14.6. The van der Waals surface area contributed by atoms with Crippen LogP contribution in [0.25, 0.3) is 0 Å². The molecular formula is C13H18ClN5O. The Morgan fingerprint density at radius 3 is 2.70 bits per heavy atom. The van der Waals surface area contributed by atoms with Crippen molar-refractivity contribution in [1.29, 1.82) is 0 Å². The molecule has 0 spiro atoms. The van der Waals surface area contributed by atoms with Crippen LogP contribution in [0.3, 0.4) is 0 Å². The number of hydrogen-bond donors (Lipinski definition) is 0. The fourth-order valence-electron chi connectivity index (χ4n) is 1.91. The van der Waals surface area contributed by atoms with Crippen LogP contribution in [-0.2, 0) is 20.1 Å². The number of aromatic nitrogens is 4. The lowest BCUT2D eigenvalue weighted by atomic mass is 10.2. The van der Waals surface area contributed by atoms with Gasteiger partial charge in [-0.3, -0.25) is 14.2 Å². The van der Waals surface area contributed by atoms with Gasteiger partial charge in [0.1, 0.15) is 0 Å². The van der Waals surface area contributed by atoms with Gasteiger partial charge in [0.05, 0.1) is 11.2 Å². The normalized spacial score (nSPS) is 10.8. The molecule has 6 nitrogen and oxygen atoms in total. The second-order valence-electron chi connectivity index (χ2n) is 4.72. The van der Waals surface area contributed by atoms with E-state index < -0.39 is 0 Å². The maximum absolute atomic E-state index is 12.4. The topological polar surface area (TPSA) is 56.0 Å². The smallest absolute Gasteiger partial charge is 0.275 e. The molecule has 20 heavy (non-hydrogen) atoms. The molecular weight excluding hydrogens is 278 g/mol. The Kier molecular flexibility index (Phi) is 4.13. The number of rotatable bonds is 4. The summed E-state index contributed by atoms with van der Waals surface area (Å²) >= 11 is 6.05. The third-order valence-corrected chi connectivity index (χ3v) is 3.61. The van der Waals surface area contributed by atoms with Crippen LogP contribution >= 0.6 is 11.6 Å². The molecule has 0 N–H and O–H groups in total. The fraction of sp³-hybridized carbons (Fsp3) is 0.462. The molecule has 108 valence electrons. The molecule has 0 bridgehead atoms. The molecule has 1 amide bonds. The average molecular weight is 296 g/mol. The third-order valence-electron chi connectivity index (χ3n) is 3.33. The number of aryl methyl sites for hydroxylation is 2. The van der Waals surface area contributed by atoms with Gasteiger partial charge in [0.15, 0.2) is 5.69 Å². The summed E-state index contributed by atoms with van der Waals surface area (Å²) in [5, 5.41) is 8.74. The lowest BCUT2D eigenvalue weighted by Crippen LogP contribution is -2.27. The highest BCUT2D eigenvalue weighted by atomic mass is 35.5. The van der Waals surface area contributed by atoms with Gasteiger partial charge in [-0.1, -0.05) is 11.6 Å². The zero-order chi connectivity index (χ0) is 14.9. The van der Waals surface area contributed by atoms with E-state index in [1.807, 2.05) is 20.9 Å². The van der Waals surface area contributed by atoms with Crippen molar-refractivity contribution in [2.24, 2.45) is 7.05 Å². The second-order valence-corrected chi connectivity index (χ2v) is 5.13. The summed E-state index contributed by atoms with van der Waals surface area (Å²) in [6, 6.07) is 0. The monoisotopic (exact) mass is 295 g/mol. The average Bonchev–Trinajstić information content (AvgIpc) is 2.95. The second kappa shape index (κ2) is 5.66. The number of amides is 1. The van der Waals surface area contributed by atoms with E-state index >= 15 is 0 Å². The van der Waals surface area contributed by atoms with E-state index in [0.717, 1.165) is 11.3 Å². The molecule has 0 aliphatic rings. The number of hydrogen-bond acceptors (Lipinski definition) is 3. The molecule has 0 atom stereocenters. The lowest BCUT2D eigenvalue weighted by Gasteiger charge is -2.15. The van der Waals surface area contributed by atoms with Gasteiger partial charge in [0, 0.05) is 44.6 Å². The first-order valence-electron chi connectivity index (χ1n) is 6.40. The summed E-state index contributed by atoms with van der Waals surface area (Å²) in [6.07, 6.45) is 3.43. The highest BCUT2D eigenvalue weighted by Gasteiger charge is 2.20. The Hall–Kier alpha value is -1.82. The van der Waals surface area contributed by atoms with Gasteiger partial charge < -0.3 is 4.90 Å². The minimum atomic E-state index is -0.189. The summed E-state index contributed by atoms with van der Waals surface area (Å²) in [6.45, 7) is 5.08. The molecule has 7 heteroatoms. The van der Waals surface area contributed by atoms with Crippen molar-refractivity contribution >= 4 is 17.5 Å². The van der Waals surface area contributed by atoms with Gasteiger partial charge in [0.2, 0.25) is 0 Å². The molecule has 2 aromatic rings.